The predicted octanol–water partition coefficient (Wildman–Crippen LogP) is 30.1. The SMILES string of the molecule is CC(C)(C)c1ccnc(-c2[c-]cccc2)c1.CC1(C)c2c[c-]c(-c3nccc4c3ccc3ccccc34)cc2-c2ccccc21.CC1(C)c2ccccc2-c2c[c-]c(-c3nccc4c3ccc3ccccc34)cc21.Cc1ccnc(-c2[c-]cccc2)c1.[Ir].[Ir].[Ir].[c-]1cc(-c2ccccc2)ccc1-c1nccc2c1ccc1ccccc12.[c-]1ccccc1-c1ccccn1. The second-order valence-corrected chi connectivity index (χ2v) is 33.6. The van der Waals surface area contributed by atoms with Crippen molar-refractivity contribution in [2.24, 2.45) is 0 Å². The molecule has 9 heteroatoms. The average Bonchev–Trinajstić information content (AvgIpc) is 1.56. The molecule has 23 rings (SSSR count). The molecule has 0 bridgehead atoms. The van der Waals surface area contributed by atoms with Crippen LogP contribution in [-0.4, -0.2) is 29.9 Å². The third-order valence-electron chi connectivity index (χ3n) is 23.9. The first-order chi connectivity index (χ1) is 61.1. The number of hydrogen-bond acceptors (Lipinski definition) is 6. The molecule has 0 fully saturated rings. The van der Waals surface area contributed by atoms with E-state index in [1.807, 2.05) is 140 Å². The topological polar surface area (TPSA) is 77.3 Å². The molecular formula is C119H90Ir3N6-6. The number of fused-ring (bicyclic) bond motifs is 15. The summed E-state index contributed by atoms with van der Waals surface area (Å²) in [6.07, 6.45) is 11.2. The van der Waals surface area contributed by atoms with Crippen molar-refractivity contribution in [3.8, 4) is 101 Å². The first kappa shape index (κ1) is 89.5. The fourth-order valence-electron chi connectivity index (χ4n) is 17.3. The summed E-state index contributed by atoms with van der Waals surface area (Å²) in [7, 11) is 0. The summed E-state index contributed by atoms with van der Waals surface area (Å²) < 4.78 is 0. The molecule has 128 heavy (non-hydrogen) atoms. The number of benzene rings is 15. The van der Waals surface area contributed by atoms with E-state index in [9.17, 15) is 0 Å². The van der Waals surface area contributed by atoms with Gasteiger partial charge in [0.05, 0.1) is 0 Å². The van der Waals surface area contributed by atoms with Crippen LogP contribution in [0.1, 0.15) is 81.8 Å². The van der Waals surface area contributed by atoms with Gasteiger partial charge in [0.2, 0.25) is 0 Å². The molecule has 6 aromatic heterocycles. The fourth-order valence-corrected chi connectivity index (χ4v) is 17.3. The molecule has 0 saturated carbocycles. The molecule has 0 unspecified atom stereocenters. The van der Waals surface area contributed by atoms with Crippen molar-refractivity contribution in [1.29, 1.82) is 0 Å². The van der Waals surface area contributed by atoms with Gasteiger partial charge in [-0.3, -0.25) is 0 Å². The van der Waals surface area contributed by atoms with Gasteiger partial charge < -0.3 is 29.9 Å². The largest absolute Gasteiger partial charge is 0.305 e. The maximum atomic E-state index is 4.78. The zero-order valence-electron chi connectivity index (χ0n) is 72.3. The minimum absolute atomic E-state index is 0. The summed E-state index contributed by atoms with van der Waals surface area (Å²) in [5.41, 5.74) is 28.0. The van der Waals surface area contributed by atoms with Gasteiger partial charge >= 0.3 is 0 Å². The van der Waals surface area contributed by atoms with Crippen molar-refractivity contribution in [3.05, 3.63) is 471 Å². The van der Waals surface area contributed by atoms with Gasteiger partial charge in [-0.1, -0.05) is 294 Å². The summed E-state index contributed by atoms with van der Waals surface area (Å²) in [5.74, 6) is 0. The molecule has 21 aromatic rings. The third-order valence-corrected chi connectivity index (χ3v) is 23.9. The van der Waals surface area contributed by atoms with Gasteiger partial charge in [0.25, 0.3) is 0 Å². The molecule has 629 valence electrons. The fraction of sp³-hybridized carbons (Fsp3) is 0.0924. The van der Waals surface area contributed by atoms with E-state index < -0.39 is 0 Å². The molecule has 6 heterocycles. The van der Waals surface area contributed by atoms with E-state index in [-0.39, 0.29) is 76.6 Å². The number of pyridine rings is 6. The zero-order chi connectivity index (χ0) is 85.4. The molecule has 0 atom stereocenters. The van der Waals surface area contributed by atoms with E-state index in [4.69, 9.17) is 9.97 Å². The van der Waals surface area contributed by atoms with Crippen LogP contribution in [0, 0.1) is 43.3 Å². The zero-order valence-corrected chi connectivity index (χ0v) is 79.5. The standard InChI is InChI=1S/2C28H20N.C25H16N.C15H16N.C12H10N.C11H8N.3Ir/c1-28(2)25-10-6-5-9-22(25)23-13-12-19(17-26(23)28)27-24-14-11-18-7-3-4-8-20(18)21(24)15-16-29-27;1-28(2)25-10-6-5-9-22(25)24-17-19(12-14-26(24)28)27-23-13-11-18-7-3-4-8-20(18)21(23)15-16-29-27;1-2-6-18(7-3-1)19-10-12-21(13-11-19)25-24-15-14-20-8-4-5-9-22(20)23(24)16-17-26-25;1-15(2,3)13-9-10-16-14(11-13)12-7-5-4-6-8-12;1-10-7-8-13-12(9-10)11-5-3-2-4-6-11;1-2-6-10(7-3-1)11-8-4-5-9-12-11;;;/h2*3-11,13-17H,1-2H3;1-12,14-17H;4-7,9-11H,1-3H3;2-5,7-9H,1H3;1-6,8-9H;;;/q6*-1;;;. The van der Waals surface area contributed by atoms with Gasteiger partial charge in [0.1, 0.15) is 0 Å². The van der Waals surface area contributed by atoms with Crippen molar-refractivity contribution in [3.63, 3.8) is 0 Å². The van der Waals surface area contributed by atoms with Crippen molar-refractivity contribution in [1.82, 2.24) is 29.9 Å². The Labute approximate surface area is 791 Å². The van der Waals surface area contributed by atoms with Crippen LogP contribution < -0.4 is 0 Å². The first-order valence-corrected chi connectivity index (χ1v) is 42.5. The van der Waals surface area contributed by atoms with E-state index in [2.05, 4.69) is 367 Å². The van der Waals surface area contributed by atoms with Crippen molar-refractivity contribution >= 4 is 64.6 Å². The molecule has 2 aliphatic rings. The van der Waals surface area contributed by atoms with E-state index in [0.717, 1.165) is 72.9 Å². The maximum Gasteiger partial charge on any atom is 0.0167 e. The molecule has 0 saturated heterocycles. The second kappa shape index (κ2) is 39.7. The normalized spacial score (nSPS) is 12.0. The molecule has 6 nitrogen and oxygen atoms in total. The van der Waals surface area contributed by atoms with Crippen LogP contribution >= 0.6 is 0 Å². The van der Waals surface area contributed by atoms with Crippen molar-refractivity contribution in [2.45, 2.75) is 71.6 Å². The van der Waals surface area contributed by atoms with Crippen LogP contribution in [0.25, 0.3) is 166 Å². The van der Waals surface area contributed by atoms with Crippen LogP contribution in [0.5, 0.6) is 0 Å². The van der Waals surface area contributed by atoms with Crippen LogP contribution in [0.3, 0.4) is 0 Å². The third kappa shape index (κ3) is 18.9. The Morgan fingerprint density at radius 2 is 0.664 bits per heavy atom. The van der Waals surface area contributed by atoms with Crippen LogP contribution in [0.2, 0.25) is 0 Å². The summed E-state index contributed by atoms with van der Waals surface area (Å²) in [4.78, 5) is 27.1. The van der Waals surface area contributed by atoms with Gasteiger partial charge in [0, 0.05) is 97.5 Å². The van der Waals surface area contributed by atoms with E-state index >= 15 is 0 Å². The monoisotopic (exact) mass is 2180 g/mol. The van der Waals surface area contributed by atoms with Gasteiger partial charge in [-0.15, -0.1) is 196 Å². The molecule has 0 aliphatic heterocycles. The minimum atomic E-state index is -0.0208. The Balaban J connectivity index is 0.000000121. The Hall–Kier alpha value is -13.3. The number of aryl methyl sites for hydroxylation is 1. The quantitative estimate of drug-likeness (QED) is 0.117. The van der Waals surface area contributed by atoms with Gasteiger partial charge in [-0.05, 0) is 181 Å². The van der Waals surface area contributed by atoms with E-state index in [1.54, 1.807) is 6.20 Å². The average molecular weight is 2180 g/mol. The summed E-state index contributed by atoms with van der Waals surface area (Å²) in [6, 6.07) is 146. The van der Waals surface area contributed by atoms with Crippen LogP contribution in [0.15, 0.2) is 401 Å². The van der Waals surface area contributed by atoms with Gasteiger partial charge in [-0.25, -0.2) is 0 Å². The van der Waals surface area contributed by atoms with E-state index in [1.165, 1.54) is 126 Å². The van der Waals surface area contributed by atoms with Gasteiger partial charge in [0.15, 0.2) is 0 Å². The summed E-state index contributed by atoms with van der Waals surface area (Å²) >= 11 is 0. The molecule has 3 radical (unpaired) electrons. The van der Waals surface area contributed by atoms with Crippen molar-refractivity contribution < 1.29 is 60.3 Å². The first-order valence-electron chi connectivity index (χ1n) is 42.5. The van der Waals surface area contributed by atoms with Crippen LogP contribution in [-0.2, 0) is 76.6 Å². The van der Waals surface area contributed by atoms with Gasteiger partial charge in [-0.2, -0.15) is 0 Å². The molecule has 0 amide bonds. The Morgan fingerprint density at radius 1 is 0.242 bits per heavy atom. The number of nitrogens with zero attached hydrogens (tertiary/aromatic N) is 6. The summed E-state index contributed by atoms with van der Waals surface area (Å²) in [5, 5.41) is 14.8. The predicted molar refractivity (Wildman–Crippen MR) is 520 cm³/mol. The number of hydrogen-bond donors (Lipinski definition) is 0. The van der Waals surface area contributed by atoms with Crippen molar-refractivity contribution in [2.75, 3.05) is 0 Å². The Bertz CT molecular complexity index is 7410. The molecule has 0 N–H and O–H groups in total. The smallest absolute Gasteiger partial charge is 0.0167 e. The van der Waals surface area contributed by atoms with Crippen LogP contribution in [0.4, 0.5) is 0 Å². The molecule has 15 aromatic carbocycles. The molecule has 2 aliphatic carbocycles. The number of aromatic nitrogens is 6. The minimum Gasteiger partial charge on any atom is -0.305 e. The summed E-state index contributed by atoms with van der Waals surface area (Å²) in [6.45, 7) is 17.9. The number of rotatable bonds is 7. The molecule has 0 spiro atoms. The Morgan fingerprint density at radius 3 is 1.16 bits per heavy atom. The molecular weight excluding hydrogens is 2090 g/mol. The maximum absolute atomic E-state index is 4.78. The second-order valence-electron chi connectivity index (χ2n) is 33.6. The Kier molecular flexibility index (Phi) is 27.8. The van der Waals surface area contributed by atoms with E-state index in [0.29, 0.717) is 0 Å².